The van der Waals surface area contributed by atoms with Gasteiger partial charge in [0.25, 0.3) is 0 Å². The second kappa shape index (κ2) is 6.24. The predicted octanol–water partition coefficient (Wildman–Crippen LogP) is 4.30. The number of hydrogen-bond donors (Lipinski definition) is 1. The van der Waals surface area contributed by atoms with Gasteiger partial charge in [0.05, 0.1) is 18.5 Å². The van der Waals surface area contributed by atoms with Gasteiger partial charge in [0.15, 0.2) is 0 Å². The molecule has 1 amide bonds. The first-order valence-corrected chi connectivity index (χ1v) is 8.24. The highest BCUT2D eigenvalue weighted by molar-refractivity contribution is 5.96. The van der Waals surface area contributed by atoms with Crippen molar-refractivity contribution in [3.05, 3.63) is 48.3 Å². The van der Waals surface area contributed by atoms with Gasteiger partial charge in [-0.25, -0.2) is 4.98 Å². The fraction of sp³-hybridized carbons (Fsp3) is 0.300. The average molecular weight is 337 g/mol. The lowest BCUT2D eigenvalue weighted by Crippen LogP contribution is -2.27. The summed E-state index contributed by atoms with van der Waals surface area (Å²) in [6.45, 7) is 7.67. The normalized spacial score (nSPS) is 11.6. The Morgan fingerprint density at radius 2 is 2.00 bits per heavy atom. The number of nitrogens with one attached hydrogen (secondary N) is 1. The van der Waals surface area contributed by atoms with Gasteiger partial charge < -0.3 is 14.5 Å². The molecule has 3 rings (SSSR count). The van der Waals surface area contributed by atoms with Gasteiger partial charge in [-0.3, -0.25) is 4.79 Å². The molecular weight excluding hydrogens is 314 g/mol. The van der Waals surface area contributed by atoms with E-state index in [2.05, 4.69) is 5.32 Å². The molecule has 0 saturated heterocycles. The highest BCUT2D eigenvalue weighted by Gasteiger charge is 2.22. The Balaban J connectivity index is 2.03. The maximum Gasteiger partial charge on any atom is 0.229 e. The van der Waals surface area contributed by atoms with Crippen LogP contribution in [-0.2, 0) is 4.79 Å². The molecule has 5 nitrogen and oxygen atoms in total. The van der Waals surface area contributed by atoms with Crippen molar-refractivity contribution in [2.45, 2.75) is 27.7 Å². The van der Waals surface area contributed by atoms with Crippen molar-refractivity contribution in [3.63, 3.8) is 0 Å². The van der Waals surface area contributed by atoms with E-state index in [0.717, 1.165) is 22.5 Å². The molecule has 0 atom stereocenters. The highest BCUT2D eigenvalue weighted by Crippen LogP contribution is 2.32. The van der Waals surface area contributed by atoms with Crippen molar-refractivity contribution in [3.8, 4) is 17.0 Å². The quantitative estimate of drug-likeness (QED) is 0.775. The molecule has 1 N–H and O–H groups in total. The van der Waals surface area contributed by atoms with Crippen LogP contribution in [0, 0.1) is 12.3 Å². The number of methoxy groups -OCH3 is 1. The highest BCUT2D eigenvalue weighted by atomic mass is 16.5. The minimum atomic E-state index is -0.485. The number of imidazole rings is 1. The van der Waals surface area contributed by atoms with Crippen LogP contribution in [0.4, 0.5) is 5.69 Å². The minimum Gasteiger partial charge on any atom is -0.495 e. The number of aromatic nitrogens is 2. The fourth-order valence-electron chi connectivity index (χ4n) is 2.57. The summed E-state index contributed by atoms with van der Waals surface area (Å²) < 4.78 is 7.39. The monoisotopic (exact) mass is 337 g/mol. The Morgan fingerprint density at radius 3 is 2.64 bits per heavy atom. The molecule has 2 aromatic heterocycles. The van der Waals surface area contributed by atoms with Gasteiger partial charge in [0, 0.05) is 23.4 Å². The number of hydrogen-bond acceptors (Lipinski definition) is 3. The van der Waals surface area contributed by atoms with E-state index in [-0.39, 0.29) is 5.91 Å². The van der Waals surface area contributed by atoms with Crippen LogP contribution >= 0.6 is 0 Å². The molecule has 0 aliphatic heterocycles. The molecule has 25 heavy (non-hydrogen) atoms. The van der Waals surface area contributed by atoms with E-state index < -0.39 is 5.41 Å². The number of carbonyl (C=O) groups is 1. The predicted molar refractivity (Wildman–Crippen MR) is 100 cm³/mol. The Labute approximate surface area is 147 Å². The van der Waals surface area contributed by atoms with Crippen molar-refractivity contribution in [1.29, 1.82) is 0 Å². The second-order valence-corrected chi connectivity index (χ2v) is 7.17. The molecule has 0 aliphatic carbocycles. The van der Waals surface area contributed by atoms with Gasteiger partial charge in [-0.15, -0.1) is 0 Å². The van der Waals surface area contributed by atoms with Crippen LogP contribution in [0.5, 0.6) is 5.75 Å². The fourth-order valence-corrected chi connectivity index (χ4v) is 2.57. The summed E-state index contributed by atoms with van der Waals surface area (Å²) in [6, 6.07) is 9.73. The third kappa shape index (κ3) is 3.36. The summed E-state index contributed by atoms with van der Waals surface area (Å²) in [6.07, 6.45) is 3.96. The number of fused-ring (bicyclic) bond motifs is 1. The van der Waals surface area contributed by atoms with Gasteiger partial charge in [0.2, 0.25) is 5.91 Å². The summed E-state index contributed by atoms with van der Waals surface area (Å²) in [5, 5.41) is 2.96. The molecule has 130 valence electrons. The first kappa shape index (κ1) is 17.0. The van der Waals surface area contributed by atoms with Crippen LogP contribution < -0.4 is 10.1 Å². The molecule has 0 saturated carbocycles. The standard InChI is InChI=1S/C20H23N3O2/c1-13-7-6-10-23-12-16(21-18(13)23)14-8-9-17(25-5)15(11-14)22-19(24)20(2,3)4/h6-12H,1-5H3,(H,22,24). The number of aryl methyl sites for hydroxylation is 1. The van der Waals surface area contributed by atoms with E-state index >= 15 is 0 Å². The zero-order chi connectivity index (χ0) is 18.2. The third-order valence-electron chi connectivity index (χ3n) is 4.10. The zero-order valence-electron chi connectivity index (χ0n) is 15.3. The molecule has 0 bridgehead atoms. The van der Waals surface area contributed by atoms with E-state index in [4.69, 9.17) is 9.72 Å². The summed E-state index contributed by atoms with van der Waals surface area (Å²) >= 11 is 0. The van der Waals surface area contributed by atoms with E-state index in [0.29, 0.717) is 11.4 Å². The van der Waals surface area contributed by atoms with Crippen molar-refractivity contribution in [1.82, 2.24) is 9.38 Å². The Hall–Kier alpha value is -2.82. The minimum absolute atomic E-state index is 0.0613. The summed E-state index contributed by atoms with van der Waals surface area (Å²) in [7, 11) is 1.59. The molecular formula is C20H23N3O2. The maximum absolute atomic E-state index is 12.3. The van der Waals surface area contributed by atoms with Crippen LogP contribution in [0.25, 0.3) is 16.9 Å². The maximum atomic E-state index is 12.3. The number of pyridine rings is 1. The van der Waals surface area contributed by atoms with Crippen molar-refractivity contribution >= 4 is 17.2 Å². The lowest BCUT2D eigenvalue weighted by Gasteiger charge is -2.19. The number of anilines is 1. The smallest absolute Gasteiger partial charge is 0.229 e. The van der Waals surface area contributed by atoms with Crippen molar-refractivity contribution in [2.24, 2.45) is 5.41 Å². The van der Waals surface area contributed by atoms with Gasteiger partial charge in [-0.1, -0.05) is 26.8 Å². The van der Waals surface area contributed by atoms with E-state index in [9.17, 15) is 4.79 Å². The molecule has 2 heterocycles. The van der Waals surface area contributed by atoms with E-state index in [1.807, 2.05) is 74.8 Å². The van der Waals surface area contributed by atoms with Crippen LogP contribution in [-0.4, -0.2) is 22.4 Å². The number of benzene rings is 1. The van der Waals surface area contributed by atoms with Gasteiger partial charge in [-0.2, -0.15) is 0 Å². The Bertz CT molecular complexity index is 936. The van der Waals surface area contributed by atoms with Crippen LogP contribution in [0.2, 0.25) is 0 Å². The lowest BCUT2D eigenvalue weighted by molar-refractivity contribution is -0.123. The summed E-state index contributed by atoms with van der Waals surface area (Å²) in [4.78, 5) is 17.1. The van der Waals surface area contributed by atoms with Crippen molar-refractivity contribution < 1.29 is 9.53 Å². The van der Waals surface area contributed by atoms with E-state index in [1.54, 1.807) is 7.11 Å². The Morgan fingerprint density at radius 1 is 1.24 bits per heavy atom. The summed E-state index contributed by atoms with van der Waals surface area (Å²) in [5.74, 6) is 0.565. The van der Waals surface area contributed by atoms with E-state index in [1.165, 1.54) is 0 Å². The molecule has 3 aromatic rings. The first-order valence-electron chi connectivity index (χ1n) is 8.24. The van der Waals surface area contributed by atoms with Crippen LogP contribution in [0.3, 0.4) is 0 Å². The summed E-state index contributed by atoms with van der Waals surface area (Å²) in [5.41, 5.74) is 3.98. The lowest BCUT2D eigenvalue weighted by atomic mass is 9.95. The topological polar surface area (TPSA) is 55.6 Å². The number of ether oxygens (including phenoxy) is 1. The molecule has 0 aliphatic rings. The molecule has 0 spiro atoms. The molecule has 1 aromatic carbocycles. The zero-order valence-corrected chi connectivity index (χ0v) is 15.3. The van der Waals surface area contributed by atoms with Crippen molar-refractivity contribution in [2.75, 3.05) is 12.4 Å². The number of amides is 1. The van der Waals surface area contributed by atoms with Gasteiger partial charge >= 0.3 is 0 Å². The van der Waals surface area contributed by atoms with Gasteiger partial charge in [0.1, 0.15) is 11.4 Å². The van der Waals surface area contributed by atoms with Gasteiger partial charge in [-0.05, 0) is 36.8 Å². The largest absolute Gasteiger partial charge is 0.495 e. The third-order valence-corrected chi connectivity index (χ3v) is 4.10. The van der Waals surface area contributed by atoms with Crippen LogP contribution in [0.15, 0.2) is 42.7 Å². The number of nitrogens with zero attached hydrogens (tertiary/aromatic N) is 2. The van der Waals surface area contributed by atoms with Crippen LogP contribution in [0.1, 0.15) is 26.3 Å². The number of rotatable bonds is 3. The molecule has 5 heteroatoms. The average Bonchev–Trinajstić information content (AvgIpc) is 2.99. The Kier molecular flexibility index (Phi) is 4.25. The molecule has 0 radical (unpaired) electrons. The molecule has 0 fully saturated rings. The SMILES string of the molecule is COc1ccc(-c2cn3cccc(C)c3n2)cc1NC(=O)C(C)(C)C. The second-order valence-electron chi connectivity index (χ2n) is 7.17. The number of carbonyl (C=O) groups excluding carboxylic acids is 1. The molecule has 0 unspecified atom stereocenters. The first-order chi connectivity index (χ1) is 11.8.